The van der Waals surface area contributed by atoms with Crippen LogP contribution in [0.2, 0.25) is 0 Å². The molecular weight excluding hydrogens is 236 g/mol. The van der Waals surface area contributed by atoms with Gasteiger partial charge in [-0.1, -0.05) is 60.7 Å². The van der Waals surface area contributed by atoms with Crippen LogP contribution in [0.3, 0.4) is 0 Å². The molecule has 19 heavy (non-hydrogen) atoms. The van der Waals surface area contributed by atoms with Crippen molar-refractivity contribution in [3.05, 3.63) is 71.8 Å². The van der Waals surface area contributed by atoms with Crippen LogP contribution in [0.15, 0.2) is 60.7 Å². The highest BCUT2D eigenvalue weighted by atomic mass is 16.5. The quantitative estimate of drug-likeness (QED) is 0.811. The van der Waals surface area contributed by atoms with Crippen molar-refractivity contribution in [1.82, 2.24) is 0 Å². The number of ether oxygens (including phenoxy) is 1. The van der Waals surface area contributed by atoms with Gasteiger partial charge in [0.25, 0.3) is 0 Å². The fraction of sp³-hybridized carbons (Fsp3) is 0.235. The predicted molar refractivity (Wildman–Crippen MR) is 73.7 cm³/mol. The largest absolute Gasteiger partial charge is 0.365 e. The zero-order valence-electron chi connectivity index (χ0n) is 10.7. The molecule has 1 aliphatic rings. The second-order valence-corrected chi connectivity index (χ2v) is 4.88. The molecule has 2 aromatic carbocycles. The highest BCUT2D eigenvalue weighted by Gasteiger charge is 2.29. The summed E-state index contributed by atoms with van der Waals surface area (Å²) in [5, 5.41) is 0. The van der Waals surface area contributed by atoms with Crippen molar-refractivity contribution in [2.24, 2.45) is 0 Å². The molecule has 3 rings (SSSR count). The second kappa shape index (κ2) is 5.37. The van der Waals surface area contributed by atoms with Crippen LogP contribution < -0.4 is 0 Å². The highest BCUT2D eigenvalue weighted by Crippen LogP contribution is 2.36. The summed E-state index contributed by atoms with van der Waals surface area (Å²) < 4.78 is 6.11. The van der Waals surface area contributed by atoms with Crippen LogP contribution in [0, 0.1) is 0 Å². The third kappa shape index (κ3) is 2.74. The average Bonchev–Trinajstić information content (AvgIpc) is 2.48. The molecule has 0 spiro atoms. The topological polar surface area (TPSA) is 26.3 Å². The SMILES string of the molecule is O=C1C[C@@H](c2ccccc2)O[C@@H](c2ccccc2)C1. The molecule has 1 heterocycles. The number of ketones is 1. The summed E-state index contributed by atoms with van der Waals surface area (Å²) in [6.07, 6.45) is 0.723. The van der Waals surface area contributed by atoms with Gasteiger partial charge in [-0.2, -0.15) is 0 Å². The Hall–Kier alpha value is -1.93. The summed E-state index contributed by atoms with van der Waals surface area (Å²) in [4.78, 5) is 12.0. The molecule has 0 amide bonds. The summed E-state index contributed by atoms with van der Waals surface area (Å²) in [5.74, 6) is 0.272. The molecule has 1 fully saturated rings. The van der Waals surface area contributed by atoms with E-state index in [1.807, 2.05) is 60.7 Å². The molecule has 1 aliphatic heterocycles. The van der Waals surface area contributed by atoms with E-state index in [0.717, 1.165) is 11.1 Å². The van der Waals surface area contributed by atoms with E-state index in [1.165, 1.54) is 0 Å². The van der Waals surface area contributed by atoms with Crippen molar-refractivity contribution >= 4 is 5.78 Å². The minimum absolute atomic E-state index is 0.118. The first-order valence-electron chi connectivity index (χ1n) is 6.60. The van der Waals surface area contributed by atoms with Crippen LogP contribution in [-0.2, 0) is 9.53 Å². The molecule has 96 valence electrons. The molecule has 0 N–H and O–H groups in total. The zero-order valence-corrected chi connectivity index (χ0v) is 10.7. The molecule has 2 heteroatoms. The normalized spacial score (nSPS) is 23.3. The Morgan fingerprint density at radius 2 is 1.16 bits per heavy atom. The monoisotopic (exact) mass is 252 g/mol. The fourth-order valence-electron chi connectivity index (χ4n) is 2.52. The number of rotatable bonds is 2. The maximum atomic E-state index is 12.0. The van der Waals surface area contributed by atoms with Crippen LogP contribution in [-0.4, -0.2) is 5.78 Å². The number of carbonyl (C=O) groups excluding carboxylic acids is 1. The minimum atomic E-state index is -0.118. The zero-order chi connectivity index (χ0) is 13.1. The number of hydrogen-bond acceptors (Lipinski definition) is 2. The van der Waals surface area contributed by atoms with E-state index in [-0.39, 0.29) is 18.0 Å². The smallest absolute Gasteiger partial charge is 0.138 e. The van der Waals surface area contributed by atoms with Gasteiger partial charge in [-0.15, -0.1) is 0 Å². The summed E-state index contributed by atoms with van der Waals surface area (Å²) >= 11 is 0. The Morgan fingerprint density at radius 1 is 0.737 bits per heavy atom. The molecule has 0 bridgehead atoms. The first kappa shape index (κ1) is 12.1. The van der Waals surface area contributed by atoms with Gasteiger partial charge in [0, 0.05) is 12.8 Å². The molecular formula is C17H16O2. The Morgan fingerprint density at radius 3 is 1.58 bits per heavy atom. The summed E-state index contributed by atoms with van der Waals surface area (Å²) in [7, 11) is 0. The summed E-state index contributed by atoms with van der Waals surface area (Å²) in [5.41, 5.74) is 2.16. The lowest BCUT2D eigenvalue weighted by atomic mass is 9.94. The number of carbonyl (C=O) groups is 1. The van der Waals surface area contributed by atoms with Crippen molar-refractivity contribution in [3.8, 4) is 0 Å². The Bertz CT molecular complexity index is 498. The average molecular weight is 252 g/mol. The van der Waals surface area contributed by atoms with Gasteiger partial charge in [-0.3, -0.25) is 4.79 Å². The number of benzene rings is 2. The van der Waals surface area contributed by atoms with Crippen LogP contribution >= 0.6 is 0 Å². The van der Waals surface area contributed by atoms with Gasteiger partial charge >= 0.3 is 0 Å². The first-order valence-corrected chi connectivity index (χ1v) is 6.60. The Labute approximate surface area is 113 Å². The molecule has 2 nitrogen and oxygen atoms in total. The first-order chi connectivity index (χ1) is 9.33. The van der Waals surface area contributed by atoms with Gasteiger partial charge in [-0.25, -0.2) is 0 Å². The highest BCUT2D eigenvalue weighted by molar-refractivity contribution is 5.80. The molecule has 2 atom stereocenters. The number of Topliss-reactive ketones (excluding diaryl/α,β-unsaturated/α-hetero) is 1. The van der Waals surface area contributed by atoms with Crippen molar-refractivity contribution in [1.29, 1.82) is 0 Å². The van der Waals surface area contributed by atoms with Crippen LogP contribution in [0.25, 0.3) is 0 Å². The third-order valence-electron chi connectivity index (χ3n) is 3.50. The van der Waals surface area contributed by atoms with Crippen molar-refractivity contribution in [3.63, 3.8) is 0 Å². The van der Waals surface area contributed by atoms with Crippen LogP contribution in [0.1, 0.15) is 36.2 Å². The molecule has 0 aliphatic carbocycles. The molecule has 2 aromatic rings. The number of hydrogen-bond donors (Lipinski definition) is 0. The summed E-state index contributed by atoms with van der Waals surface area (Å²) in [6.45, 7) is 0. The van der Waals surface area contributed by atoms with Gasteiger partial charge in [0.05, 0.1) is 12.2 Å². The lowest BCUT2D eigenvalue weighted by molar-refractivity contribution is -0.136. The van der Waals surface area contributed by atoms with Gasteiger partial charge in [0.1, 0.15) is 5.78 Å². The molecule has 0 unspecified atom stereocenters. The standard InChI is InChI=1S/C17H16O2/c18-15-11-16(13-7-3-1-4-8-13)19-17(12-15)14-9-5-2-6-10-14/h1-10,16-17H,11-12H2/t16-,17+. The van der Waals surface area contributed by atoms with E-state index < -0.39 is 0 Å². The Kier molecular flexibility index (Phi) is 3.43. The van der Waals surface area contributed by atoms with E-state index in [9.17, 15) is 4.79 Å². The maximum Gasteiger partial charge on any atom is 0.138 e. The molecule has 0 aromatic heterocycles. The molecule has 0 radical (unpaired) electrons. The van der Waals surface area contributed by atoms with Crippen LogP contribution in [0.4, 0.5) is 0 Å². The van der Waals surface area contributed by atoms with Crippen molar-refractivity contribution in [2.75, 3.05) is 0 Å². The van der Waals surface area contributed by atoms with Crippen LogP contribution in [0.5, 0.6) is 0 Å². The summed E-state index contributed by atoms with van der Waals surface area (Å²) in [6, 6.07) is 20.0. The van der Waals surface area contributed by atoms with Gasteiger partial charge < -0.3 is 4.74 Å². The van der Waals surface area contributed by atoms with Gasteiger partial charge in [-0.05, 0) is 11.1 Å². The van der Waals surface area contributed by atoms with E-state index in [2.05, 4.69) is 0 Å². The van der Waals surface area contributed by atoms with E-state index in [0.29, 0.717) is 12.8 Å². The van der Waals surface area contributed by atoms with Crippen molar-refractivity contribution < 1.29 is 9.53 Å². The predicted octanol–water partition coefficient (Wildman–Crippen LogP) is 3.85. The third-order valence-corrected chi connectivity index (χ3v) is 3.50. The van der Waals surface area contributed by atoms with E-state index in [4.69, 9.17) is 4.74 Å². The van der Waals surface area contributed by atoms with E-state index in [1.54, 1.807) is 0 Å². The lowest BCUT2D eigenvalue weighted by Crippen LogP contribution is -2.23. The van der Waals surface area contributed by atoms with Gasteiger partial charge in [0.2, 0.25) is 0 Å². The lowest BCUT2D eigenvalue weighted by Gasteiger charge is -2.29. The second-order valence-electron chi connectivity index (χ2n) is 4.88. The van der Waals surface area contributed by atoms with Crippen molar-refractivity contribution in [2.45, 2.75) is 25.0 Å². The maximum absolute atomic E-state index is 12.0. The fourth-order valence-corrected chi connectivity index (χ4v) is 2.52. The Balaban J connectivity index is 1.84. The molecule has 1 saturated heterocycles. The minimum Gasteiger partial charge on any atom is -0.365 e. The molecule has 0 saturated carbocycles. The van der Waals surface area contributed by atoms with E-state index >= 15 is 0 Å². The van der Waals surface area contributed by atoms with Gasteiger partial charge in [0.15, 0.2) is 0 Å².